The standard InChI is InChI=1S/C50H88Br2O10/c1-3-5-25-35-45(61-49(57)41-51)43(53)33-27-19-13-7-9-15-21-29-37-47(55)59-39-31-23-17-11-12-18-24-32-40-60-48(56)38-30-22-16-10-8-14-20-28-34-44(54)46(36-26-6-4-2)62-50(58)42-52/h19-20,27-28,43-46,53-54H,3-18,21-26,29-42H2,1-2H3/b27-19-,28-20-. The SMILES string of the molecule is CCCCCC(OC(=O)CBr)C(O)C/C=C\CCCCCCCC(=O)OCCCCCCCCCCOC(=O)CCCCCCC/C=C\CC(O)C(CCCCC)OC(=O)CBr. The van der Waals surface area contributed by atoms with Crippen LogP contribution in [0.1, 0.15) is 219 Å². The van der Waals surface area contributed by atoms with Crippen molar-refractivity contribution in [2.75, 3.05) is 23.9 Å². The average molecular weight is 1010 g/mol. The Morgan fingerprint density at radius 1 is 0.435 bits per heavy atom. The fraction of sp³-hybridized carbons (Fsp3) is 0.840. The van der Waals surface area contributed by atoms with Gasteiger partial charge in [0.1, 0.15) is 22.9 Å². The van der Waals surface area contributed by atoms with Crippen molar-refractivity contribution in [3.05, 3.63) is 24.3 Å². The maximum atomic E-state index is 12.1. The molecule has 4 unspecified atom stereocenters. The van der Waals surface area contributed by atoms with Crippen molar-refractivity contribution >= 4 is 55.7 Å². The van der Waals surface area contributed by atoms with E-state index in [9.17, 15) is 29.4 Å². The molecule has 0 saturated heterocycles. The highest BCUT2D eigenvalue weighted by atomic mass is 79.9. The zero-order valence-electron chi connectivity index (χ0n) is 39.0. The van der Waals surface area contributed by atoms with Crippen molar-refractivity contribution in [1.29, 1.82) is 0 Å². The van der Waals surface area contributed by atoms with Crippen LogP contribution in [0.3, 0.4) is 0 Å². The number of hydrogen-bond donors (Lipinski definition) is 2. The highest BCUT2D eigenvalue weighted by Gasteiger charge is 2.23. The number of unbranched alkanes of at least 4 members (excludes halogenated alkanes) is 21. The molecule has 2 N–H and O–H groups in total. The predicted octanol–water partition coefficient (Wildman–Crippen LogP) is 13.0. The zero-order valence-corrected chi connectivity index (χ0v) is 42.2. The molecule has 0 aromatic carbocycles. The van der Waals surface area contributed by atoms with Gasteiger partial charge in [-0.1, -0.05) is 173 Å². The molecule has 0 fully saturated rings. The minimum atomic E-state index is -0.681. The van der Waals surface area contributed by atoms with Crippen LogP contribution in [0.15, 0.2) is 24.3 Å². The highest BCUT2D eigenvalue weighted by molar-refractivity contribution is 9.09. The van der Waals surface area contributed by atoms with E-state index in [2.05, 4.69) is 57.9 Å². The average Bonchev–Trinajstić information content (AvgIpc) is 3.26. The van der Waals surface area contributed by atoms with Gasteiger partial charge in [-0.3, -0.25) is 19.2 Å². The summed E-state index contributed by atoms with van der Waals surface area (Å²) in [5.41, 5.74) is 0. The lowest BCUT2D eigenvalue weighted by Crippen LogP contribution is -2.31. The number of ether oxygens (including phenoxy) is 4. The van der Waals surface area contributed by atoms with E-state index in [1.165, 1.54) is 12.8 Å². The molecule has 0 saturated carbocycles. The van der Waals surface area contributed by atoms with Crippen LogP contribution < -0.4 is 0 Å². The summed E-state index contributed by atoms with van der Waals surface area (Å²) in [5.74, 6) is -0.854. The molecule has 62 heavy (non-hydrogen) atoms. The molecular weight excluding hydrogens is 920 g/mol. The lowest BCUT2D eigenvalue weighted by atomic mass is 10.0. The van der Waals surface area contributed by atoms with Crippen molar-refractivity contribution in [1.82, 2.24) is 0 Å². The van der Waals surface area contributed by atoms with Gasteiger partial charge in [-0.05, 0) is 89.9 Å². The van der Waals surface area contributed by atoms with Gasteiger partial charge in [-0.25, -0.2) is 0 Å². The van der Waals surface area contributed by atoms with Gasteiger partial charge in [-0.15, -0.1) is 0 Å². The number of aliphatic hydroxyl groups excluding tert-OH is 2. The Kier molecular flexibility index (Phi) is 44.5. The van der Waals surface area contributed by atoms with Crippen LogP contribution in [0.4, 0.5) is 0 Å². The highest BCUT2D eigenvalue weighted by Crippen LogP contribution is 2.18. The van der Waals surface area contributed by atoms with Gasteiger partial charge in [0, 0.05) is 12.8 Å². The summed E-state index contributed by atoms with van der Waals surface area (Å²) in [6.07, 6.45) is 36.2. The summed E-state index contributed by atoms with van der Waals surface area (Å²) in [6, 6.07) is 0. The normalized spacial score (nSPS) is 13.6. The number of alkyl halides is 2. The minimum absolute atomic E-state index is 0.0901. The topological polar surface area (TPSA) is 146 Å². The maximum absolute atomic E-state index is 12.1. The summed E-state index contributed by atoms with van der Waals surface area (Å²) in [5, 5.41) is 21.3. The van der Waals surface area contributed by atoms with Gasteiger partial charge >= 0.3 is 23.9 Å². The third-order valence-corrected chi connectivity index (χ3v) is 11.9. The van der Waals surface area contributed by atoms with E-state index in [0.29, 0.717) is 51.7 Å². The van der Waals surface area contributed by atoms with Crippen molar-refractivity contribution < 1.29 is 48.3 Å². The Morgan fingerprint density at radius 3 is 1.13 bits per heavy atom. The van der Waals surface area contributed by atoms with Crippen molar-refractivity contribution in [2.45, 2.75) is 244 Å². The van der Waals surface area contributed by atoms with Crippen molar-refractivity contribution in [3.63, 3.8) is 0 Å². The maximum Gasteiger partial charge on any atom is 0.316 e. The molecule has 0 aliphatic carbocycles. The second-order valence-electron chi connectivity index (χ2n) is 16.7. The summed E-state index contributed by atoms with van der Waals surface area (Å²) in [6.45, 7) is 5.27. The monoisotopic (exact) mass is 1010 g/mol. The van der Waals surface area contributed by atoms with Gasteiger partial charge in [0.15, 0.2) is 0 Å². The molecule has 0 rings (SSSR count). The van der Waals surface area contributed by atoms with Gasteiger partial charge in [0.2, 0.25) is 0 Å². The molecule has 0 radical (unpaired) electrons. The largest absolute Gasteiger partial charge is 0.466 e. The predicted molar refractivity (Wildman–Crippen MR) is 259 cm³/mol. The smallest absolute Gasteiger partial charge is 0.316 e. The molecule has 0 heterocycles. The Morgan fingerprint density at radius 2 is 0.774 bits per heavy atom. The van der Waals surface area contributed by atoms with Crippen LogP contribution in [-0.4, -0.2) is 82.4 Å². The molecule has 0 amide bonds. The molecule has 0 aromatic rings. The Bertz CT molecular complexity index is 1050. The molecule has 12 heteroatoms. The van der Waals surface area contributed by atoms with Crippen LogP contribution in [0.25, 0.3) is 0 Å². The molecule has 0 spiro atoms. The van der Waals surface area contributed by atoms with Crippen LogP contribution in [0.5, 0.6) is 0 Å². The first-order valence-electron chi connectivity index (χ1n) is 24.7. The number of esters is 4. The summed E-state index contributed by atoms with van der Waals surface area (Å²) < 4.78 is 21.7. The van der Waals surface area contributed by atoms with E-state index in [1.54, 1.807) is 0 Å². The van der Waals surface area contributed by atoms with Gasteiger partial charge in [-0.2, -0.15) is 0 Å². The van der Waals surface area contributed by atoms with Gasteiger partial charge < -0.3 is 29.2 Å². The third-order valence-electron chi connectivity index (χ3n) is 11.0. The molecular formula is C50H88Br2O10. The second-order valence-corrected chi connectivity index (χ2v) is 17.9. The fourth-order valence-corrected chi connectivity index (χ4v) is 7.43. The lowest BCUT2D eigenvalue weighted by molar-refractivity contribution is -0.152. The zero-order chi connectivity index (χ0) is 45.7. The summed E-state index contributed by atoms with van der Waals surface area (Å²) in [4.78, 5) is 47.6. The van der Waals surface area contributed by atoms with Crippen LogP contribution in [0, 0.1) is 0 Å². The lowest BCUT2D eigenvalue weighted by Gasteiger charge is -2.22. The van der Waals surface area contributed by atoms with Crippen LogP contribution in [0.2, 0.25) is 0 Å². The van der Waals surface area contributed by atoms with Gasteiger partial charge in [0.25, 0.3) is 0 Å². The number of aliphatic hydroxyl groups is 2. The number of rotatable bonds is 45. The molecule has 4 atom stereocenters. The first-order chi connectivity index (χ1) is 30.2. The molecule has 0 aliphatic rings. The van der Waals surface area contributed by atoms with E-state index in [-0.39, 0.29) is 34.5 Å². The molecule has 0 aliphatic heterocycles. The van der Waals surface area contributed by atoms with E-state index < -0.39 is 24.4 Å². The second kappa shape index (κ2) is 45.8. The Hall–Kier alpha value is -1.76. The third kappa shape index (κ3) is 39.8. The number of carbonyl (C=O) groups is 4. The van der Waals surface area contributed by atoms with Gasteiger partial charge in [0.05, 0.1) is 25.4 Å². The quantitative estimate of drug-likeness (QED) is 0.0199. The first-order valence-corrected chi connectivity index (χ1v) is 26.9. The van der Waals surface area contributed by atoms with E-state index in [4.69, 9.17) is 18.9 Å². The Labute approximate surface area is 394 Å². The molecule has 0 aromatic heterocycles. The summed E-state index contributed by atoms with van der Waals surface area (Å²) in [7, 11) is 0. The van der Waals surface area contributed by atoms with E-state index in [0.717, 1.165) is 154 Å². The van der Waals surface area contributed by atoms with Crippen molar-refractivity contribution in [2.24, 2.45) is 0 Å². The van der Waals surface area contributed by atoms with Crippen LogP contribution >= 0.6 is 31.9 Å². The number of allylic oxidation sites excluding steroid dienone is 2. The Balaban J connectivity index is 3.61. The van der Waals surface area contributed by atoms with Crippen molar-refractivity contribution in [3.8, 4) is 0 Å². The fourth-order valence-electron chi connectivity index (χ4n) is 7.17. The van der Waals surface area contributed by atoms with E-state index in [1.807, 2.05) is 12.2 Å². The molecule has 0 bridgehead atoms. The molecule has 362 valence electrons. The molecule has 10 nitrogen and oxygen atoms in total. The number of hydrogen-bond acceptors (Lipinski definition) is 10. The minimum Gasteiger partial charge on any atom is -0.466 e. The number of halogens is 2. The first kappa shape index (κ1) is 60.2. The van der Waals surface area contributed by atoms with E-state index >= 15 is 0 Å². The summed E-state index contributed by atoms with van der Waals surface area (Å²) >= 11 is 6.25. The number of carbonyl (C=O) groups excluding carboxylic acids is 4. The van der Waals surface area contributed by atoms with Crippen LogP contribution in [-0.2, 0) is 38.1 Å².